The Morgan fingerprint density at radius 2 is 1.89 bits per heavy atom. The summed E-state index contributed by atoms with van der Waals surface area (Å²) in [5.74, 6) is -3.83. The van der Waals surface area contributed by atoms with Crippen molar-refractivity contribution in [2.24, 2.45) is 0 Å². The Morgan fingerprint density at radius 1 is 1.19 bits per heavy atom. The van der Waals surface area contributed by atoms with Gasteiger partial charge >= 0.3 is 5.97 Å². The summed E-state index contributed by atoms with van der Waals surface area (Å²) in [7, 11) is 0. The molecular formula is C18H11BrF3NO3S. The maximum atomic E-state index is 13.8. The van der Waals surface area contributed by atoms with E-state index in [4.69, 9.17) is 9.84 Å². The fourth-order valence-corrected chi connectivity index (χ4v) is 3.54. The zero-order valence-electron chi connectivity index (χ0n) is 13.5. The van der Waals surface area contributed by atoms with Gasteiger partial charge in [-0.1, -0.05) is 15.9 Å². The van der Waals surface area contributed by atoms with Crippen LogP contribution in [0.2, 0.25) is 0 Å². The molecule has 0 saturated carbocycles. The predicted molar refractivity (Wildman–Crippen MR) is 96.7 cm³/mol. The van der Waals surface area contributed by atoms with E-state index in [-0.39, 0.29) is 17.7 Å². The van der Waals surface area contributed by atoms with Gasteiger partial charge in [-0.25, -0.2) is 22.9 Å². The van der Waals surface area contributed by atoms with Crippen molar-refractivity contribution in [3.63, 3.8) is 0 Å². The lowest BCUT2D eigenvalue weighted by Crippen LogP contribution is -2.05. The second-order valence-electron chi connectivity index (χ2n) is 5.50. The minimum Gasteiger partial charge on any atom is -0.488 e. The summed E-state index contributed by atoms with van der Waals surface area (Å²) in [6.07, 6.45) is 0.279. The topological polar surface area (TPSA) is 59.4 Å². The van der Waals surface area contributed by atoms with Gasteiger partial charge in [0.1, 0.15) is 29.8 Å². The van der Waals surface area contributed by atoms with Gasteiger partial charge in [0, 0.05) is 34.0 Å². The number of hydrogen-bond donors (Lipinski definition) is 1. The van der Waals surface area contributed by atoms with E-state index in [1.54, 1.807) is 18.2 Å². The Bertz CT molecular complexity index is 986. The molecule has 0 spiro atoms. The Morgan fingerprint density at radius 3 is 2.52 bits per heavy atom. The van der Waals surface area contributed by atoms with E-state index in [9.17, 15) is 18.0 Å². The van der Waals surface area contributed by atoms with Gasteiger partial charge in [0.15, 0.2) is 5.69 Å². The minimum absolute atomic E-state index is 0.0529. The Hall–Kier alpha value is -2.39. The van der Waals surface area contributed by atoms with Gasteiger partial charge in [-0.05, 0) is 18.2 Å². The maximum absolute atomic E-state index is 13.8. The van der Waals surface area contributed by atoms with Crippen molar-refractivity contribution in [3.8, 4) is 5.75 Å². The SMILES string of the molecule is O=C(O)c1csc(Cc2cc(Br)ccc2OCc2c(F)cc(F)cc2F)n1. The zero-order chi connectivity index (χ0) is 19.6. The van der Waals surface area contributed by atoms with Crippen molar-refractivity contribution in [2.75, 3.05) is 0 Å². The van der Waals surface area contributed by atoms with Crippen molar-refractivity contribution in [1.29, 1.82) is 0 Å². The van der Waals surface area contributed by atoms with Gasteiger partial charge < -0.3 is 9.84 Å². The summed E-state index contributed by atoms with van der Waals surface area (Å²) in [6.45, 7) is -0.426. The van der Waals surface area contributed by atoms with Crippen LogP contribution >= 0.6 is 27.3 Å². The molecule has 3 rings (SSSR count). The largest absolute Gasteiger partial charge is 0.488 e. The molecule has 0 saturated heterocycles. The van der Waals surface area contributed by atoms with Gasteiger partial charge in [-0.2, -0.15) is 0 Å². The van der Waals surface area contributed by atoms with E-state index in [2.05, 4.69) is 20.9 Å². The zero-order valence-corrected chi connectivity index (χ0v) is 15.9. The number of nitrogens with zero attached hydrogens (tertiary/aromatic N) is 1. The van der Waals surface area contributed by atoms with Crippen molar-refractivity contribution < 1.29 is 27.8 Å². The standard InChI is InChI=1S/C18H11BrF3NO3S/c19-10-1-2-16(26-7-12-13(21)5-11(20)6-14(12)22)9(3-10)4-17-23-15(8-27-17)18(24)25/h1-3,5-6,8H,4,7H2,(H,24,25). The second kappa shape index (κ2) is 8.10. The Balaban J connectivity index is 1.83. The van der Waals surface area contributed by atoms with Gasteiger partial charge in [0.05, 0.1) is 10.6 Å². The van der Waals surface area contributed by atoms with Crippen LogP contribution in [0.15, 0.2) is 40.2 Å². The van der Waals surface area contributed by atoms with Crippen LogP contribution in [-0.4, -0.2) is 16.1 Å². The molecule has 0 radical (unpaired) electrons. The lowest BCUT2D eigenvalue weighted by molar-refractivity contribution is 0.0691. The quantitative estimate of drug-likeness (QED) is 0.553. The summed E-state index contributed by atoms with van der Waals surface area (Å²) in [4.78, 5) is 15.0. The number of thiazole rings is 1. The predicted octanol–water partition coefficient (Wildman–Crippen LogP) is 5.19. The number of carboxylic acids is 1. The molecule has 140 valence electrons. The second-order valence-corrected chi connectivity index (χ2v) is 7.36. The summed E-state index contributed by atoms with van der Waals surface area (Å²) < 4.78 is 46.8. The highest BCUT2D eigenvalue weighted by atomic mass is 79.9. The summed E-state index contributed by atoms with van der Waals surface area (Å²) in [6, 6.07) is 6.24. The molecule has 0 atom stereocenters. The van der Waals surface area contributed by atoms with Crippen LogP contribution in [0.5, 0.6) is 5.75 Å². The average molecular weight is 458 g/mol. The molecule has 0 amide bonds. The van der Waals surface area contributed by atoms with Crippen LogP contribution in [0.1, 0.15) is 26.6 Å². The number of halogens is 4. The molecule has 2 aromatic carbocycles. The first-order valence-corrected chi connectivity index (χ1v) is 9.23. The number of hydrogen-bond acceptors (Lipinski definition) is 4. The van der Waals surface area contributed by atoms with Crippen LogP contribution in [0.4, 0.5) is 13.2 Å². The number of aromatic carboxylic acids is 1. The molecule has 27 heavy (non-hydrogen) atoms. The number of carboxylic acid groups (broad SMARTS) is 1. The first kappa shape index (κ1) is 19.4. The van der Waals surface area contributed by atoms with E-state index in [1.165, 1.54) is 16.7 Å². The molecule has 0 bridgehead atoms. The minimum atomic E-state index is -1.12. The van der Waals surface area contributed by atoms with Crippen molar-refractivity contribution >= 4 is 33.2 Å². The summed E-state index contributed by atoms with van der Waals surface area (Å²) in [5, 5.41) is 10.9. The van der Waals surface area contributed by atoms with Gasteiger partial charge in [0.25, 0.3) is 0 Å². The molecule has 0 unspecified atom stereocenters. The van der Waals surface area contributed by atoms with Crippen LogP contribution < -0.4 is 4.74 Å². The normalized spacial score (nSPS) is 10.8. The Labute approximate surface area is 164 Å². The number of carbonyl (C=O) groups is 1. The fourth-order valence-electron chi connectivity index (χ4n) is 2.34. The molecule has 1 aromatic heterocycles. The smallest absolute Gasteiger partial charge is 0.355 e. The molecule has 1 heterocycles. The highest BCUT2D eigenvalue weighted by Crippen LogP contribution is 2.28. The van der Waals surface area contributed by atoms with Gasteiger partial charge in [0.2, 0.25) is 0 Å². The summed E-state index contributed by atoms with van der Waals surface area (Å²) >= 11 is 4.52. The maximum Gasteiger partial charge on any atom is 0.355 e. The lowest BCUT2D eigenvalue weighted by atomic mass is 10.1. The van der Waals surface area contributed by atoms with Crippen LogP contribution in [0.25, 0.3) is 0 Å². The number of aromatic nitrogens is 1. The first-order valence-electron chi connectivity index (χ1n) is 7.56. The van der Waals surface area contributed by atoms with Crippen molar-refractivity contribution in [1.82, 2.24) is 4.98 Å². The Kier molecular flexibility index (Phi) is 5.81. The highest BCUT2D eigenvalue weighted by Gasteiger charge is 2.15. The molecule has 9 heteroatoms. The molecular weight excluding hydrogens is 447 g/mol. The molecule has 4 nitrogen and oxygen atoms in total. The summed E-state index contributed by atoms with van der Waals surface area (Å²) in [5.41, 5.74) is 0.217. The molecule has 0 aliphatic rings. The van der Waals surface area contributed by atoms with E-state index >= 15 is 0 Å². The van der Waals surface area contributed by atoms with Crippen LogP contribution in [-0.2, 0) is 13.0 Å². The van der Waals surface area contributed by atoms with E-state index in [1.807, 2.05) is 0 Å². The molecule has 3 aromatic rings. The first-order chi connectivity index (χ1) is 12.8. The molecule has 0 aliphatic carbocycles. The number of rotatable bonds is 6. The third kappa shape index (κ3) is 4.67. The van der Waals surface area contributed by atoms with Crippen LogP contribution in [0, 0.1) is 17.5 Å². The lowest BCUT2D eigenvalue weighted by Gasteiger charge is -2.12. The molecule has 0 aliphatic heterocycles. The monoisotopic (exact) mass is 457 g/mol. The van der Waals surface area contributed by atoms with E-state index in [0.29, 0.717) is 28.5 Å². The van der Waals surface area contributed by atoms with Crippen molar-refractivity contribution in [2.45, 2.75) is 13.0 Å². The molecule has 0 fully saturated rings. The van der Waals surface area contributed by atoms with Gasteiger partial charge in [-0.3, -0.25) is 0 Å². The van der Waals surface area contributed by atoms with Crippen LogP contribution in [0.3, 0.4) is 0 Å². The van der Waals surface area contributed by atoms with E-state index in [0.717, 1.165) is 4.47 Å². The van der Waals surface area contributed by atoms with E-state index < -0.39 is 30.0 Å². The fraction of sp³-hybridized carbons (Fsp3) is 0.111. The third-order valence-corrected chi connectivity index (χ3v) is 4.95. The number of ether oxygens (including phenoxy) is 1. The highest BCUT2D eigenvalue weighted by molar-refractivity contribution is 9.10. The van der Waals surface area contributed by atoms with Gasteiger partial charge in [-0.15, -0.1) is 11.3 Å². The third-order valence-electron chi connectivity index (χ3n) is 3.61. The van der Waals surface area contributed by atoms with Crippen molar-refractivity contribution in [3.05, 3.63) is 79.5 Å². The average Bonchev–Trinajstić information content (AvgIpc) is 3.04. The number of benzene rings is 2. The molecule has 1 N–H and O–H groups in total.